The average molecular weight is 311 g/mol. The molecule has 23 heavy (non-hydrogen) atoms. The highest BCUT2D eigenvalue weighted by molar-refractivity contribution is 5.72. The minimum absolute atomic E-state index is 0.763. The highest BCUT2D eigenvalue weighted by Crippen LogP contribution is 2.31. The first kappa shape index (κ1) is 17.6. The molecule has 0 aliphatic heterocycles. The van der Waals surface area contributed by atoms with E-state index in [1.807, 2.05) is 6.07 Å². The first-order valence-corrected chi connectivity index (χ1v) is 8.84. The van der Waals surface area contributed by atoms with E-state index < -0.39 is 0 Å². The van der Waals surface area contributed by atoms with Crippen molar-refractivity contribution in [3.63, 3.8) is 0 Å². The van der Waals surface area contributed by atoms with E-state index in [-0.39, 0.29) is 0 Å². The molecule has 0 radical (unpaired) electrons. The van der Waals surface area contributed by atoms with Crippen LogP contribution in [0.5, 0.6) is 5.75 Å². The van der Waals surface area contributed by atoms with Crippen LogP contribution in [-0.4, -0.2) is 13.2 Å². The van der Waals surface area contributed by atoms with E-state index >= 15 is 0 Å². The lowest BCUT2D eigenvalue weighted by Crippen LogP contribution is -2.01. The maximum absolute atomic E-state index is 5.92. The van der Waals surface area contributed by atoms with Gasteiger partial charge in [0.05, 0.1) is 6.61 Å². The third-order valence-corrected chi connectivity index (χ3v) is 4.24. The van der Waals surface area contributed by atoms with Crippen LogP contribution in [0.3, 0.4) is 0 Å². The summed E-state index contributed by atoms with van der Waals surface area (Å²) >= 11 is 0. The molecule has 2 aromatic carbocycles. The Morgan fingerprint density at radius 1 is 0.870 bits per heavy atom. The predicted octanol–water partition coefficient (Wildman–Crippen LogP) is 4.99. The number of rotatable bonds is 9. The molecule has 2 N–H and O–H groups in total. The monoisotopic (exact) mass is 311 g/mol. The lowest BCUT2D eigenvalue weighted by molar-refractivity contribution is 0.306. The normalized spacial score (nSPS) is 10.7. The molecule has 2 heteroatoms. The molecule has 2 aromatic rings. The third-order valence-electron chi connectivity index (χ3n) is 4.24. The van der Waals surface area contributed by atoms with E-state index in [1.54, 1.807) is 0 Å². The number of hydrogen-bond donors (Lipinski definition) is 1. The second-order valence-electron chi connectivity index (χ2n) is 5.88. The molecule has 0 aromatic heterocycles. The van der Waals surface area contributed by atoms with Gasteiger partial charge < -0.3 is 10.5 Å². The van der Waals surface area contributed by atoms with Gasteiger partial charge in [0.1, 0.15) is 5.75 Å². The molecular formula is C21H29NO. The Bertz CT molecular complexity index is 584. The van der Waals surface area contributed by atoms with Crippen LogP contribution in [0.1, 0.15) is 44.2 Å². The summed E-state index contributed by atoms with van der Waals surface area (Å²) in [6, 6.07) is 15.1. The minimum Gasteiger partial charge on any atom is -0.494 e. The van der Waals surface area contributed by atoms with Crippen molar-refractivity contribution in [3.8, 4) is 16.9 Å². The zero-order valence-electron chi connectivity index (χ0n) is 14.5. The van der Waals surface area contributed by atoms with Gasteiger partial charge in [0.15, 0.2) is 0 Å². The van der Waals surface area contributed by atoms with E-state index in [2.05, 4.69) is 50.2 Å². The van der Waals surface area contributed by atoms with Gasteiger partial charge in [-0.2, -0.15) is 0 Å². The molecule has 0 unspecified atom stereocenters. The van der Waals surface area contributed by atoms with Crippen LogP contribution >= 0.6 is 0 Å². The zero-order chi connectivity index (χ0) is 16.5. The molecule has 0 bridgehead atoms. The highest BCUT2D eigenvalue weighted by Gasteiger charge is 2.09. The lowest BCUT2D eigenvalue weighted by atomic mass is 9.92. The Labute approximate surface area is 140 Å². The van der Waals surface area contributed by atoms with Crippen LogP contribution in [0.2, 0.25) is 0 Å². The highest BCUT2D eigenvalue weighted by atomic mass is 16.5. The van der Waals surface area contributed by atoms with Crippen LogP contribution < -0.4 is 10.5 Å². The van der Waals surface area contributed by atoms with Crippen LogP contribution in [-0.2, 0) is 12.8 Å². The largest absolute Gasteiger partial charge is 0.494 e. The molecule has 0 aliphatic carbocycles. The number of ether oxygens (including phenoxy) is 1. The Kier molecular flexibility index (Phi) is 7.15. The molecular weight excluding hydrogens is 282 g/mol. The summed E-state index contributed by atoms with van der Waals surface area (Å²) in [5.41, 5.74) is 11.0. The Morgan fingerprint density at radius 2 is 1.57 bits per heavy atom. The van der Waals surface area contributed by atoms with E-state index in [0.717, 1.165) is 51.0 Å². The van der Waals surface area contributed by atoms with Gasteiger partial charge in [0.2, 0.25) is 0 Å². The van der Waals surface area contributed by atoms with Gasteiger partial charge >= 0.3 is 0 Å². The van der Waals surface area contributed by atoms with E-state index in [9.17, 15) is 0 Å². The number of hydrogen-bond acceptors (Lipinski definition) is 2. The lowest BCUT2D eigenvalue weighted by Gasteiger charge is -2.15. The van der Waals surface area contributed by atoms with Crippen molar-refractivity contribution in [2.45, 2.75) is 46.0 Å². The Balaban J connectivity index is 2.16. The van der Waals surface area contributed by atoms with Crippen LogP contribution in [0, 0.1) is 0 Å². The minimum atomic E-state index is 0.763. The third kappa shape index (κ3) is 4.84. The molecule has 2 rings (SSSR count). The molecule has 0 heterocycles. The molecule has 0 atom stereocenters. The first-order chi connectivity index (χ1) is 11.3. The van der Waals surface area contributed by atoms with Crippen LogP contribution in [0.15, 0.2) is 42.5 Å². The fourth-order valence-corrected chi connectivity index (χ4v) is 2.97. The summed E-state index contributed by atoms with van der Waals surface area (Å²) in [6.07, 6.45) is 5.37. The number of unbranched alkanes of at least 4 members (excludes halogenated alkanes) is 2. The zero-order valence-corrected chi connectivity index (χ0v) is 14.5. The molecule has 0 fully saturated rings. The van der Waals surface area contributed by atoms with E-state index in [1.165, 1.54) is 22.3 Å². The van der Waals surface area contributed by atoms with Crippen molar-refractivity contribution in [2.24, 2.45) is 5.73 Å². The van der Waals surface area contributed by atoms with Crippen molar-refractivity contribution in [2.75, 3.05) is 13.2 Å². The Hall–Kier alpha value is -1.80. The predicted molar refractivity (Wildman–Crippen MR) is 99.0 cm³/mol. The molecule has 0 saturated heterocycles. The van der Waals surface area contributed by atoms with Crippen molar-refractivity contribution in [1.29, 1.82) is 0 Å². The van der Waals surface area contributed by atoms with Gasteiger partial charge in [-0.3, -0.25) is 0 Å². The second-order valence-corrected chi connectivity index (χ2v) is 5.88. The molecule has 2 nitrogen and oxygen atoms in total. The van der Waals surface area contributed by atoms with Crippen LogP contribution in [0.25, 0.3) is 11.1 Å². The second kappa shape index (κ2) is 9.36. The summed E-state index contributed by atoms with van der Waals surface area (Å²) in [7, 11) is 0. The maximum Gasteiger partial charge on any atom is 0.119 e. The molecule has 0 spiro atoms. The average Bonchev–Trinajstić information content (AvgIpc) is 2.61. The fraction of sp³-hybridized carbons (Fsp3) is 0.429. The topological polar surface area (TPSA) is 35.2 Å². The SMILES string of the molecule is CCc1cccc(CC)c1-c1cccc(OCCCCCN)c1. The van der Waals surface area contributed by atoms with Gasteiger partial charge in [-0.05, 0) is 73.0 Å². The van der Waals surface area contributed by atoms with Gasteiger partial charge in [-0.25, -0.2) is 0 Å². The first-order valence-electron chi connectivity index (χ1n) is 8.84. The van der Waals surface area contributed by atoms with Crippen molar-refractivity contribution in [1.82, 2.24) is 0 Å². The quantitative estimate of drug-likeness (QED) is 0.662. The summed E-state index contributed by atoms with van der Waals surface area (Å²) in [5.74, 6) is 0.961. The summed E-state index contributed by atoms with van der Waals surface area (Å²) in [6.45, 7) is 5.97. The summed E-state index contributed by atoms with van der Waals surface area (Å²) in [5, 5.41) is 0. The molecule has 0 saturated carbocycles. The number of aryl methyl sites for hydroxylation is 2. The molecule has 0 aliphatic rings. The number of nitrogens with two attached hydrogens (primary N) is 1. The Morgan fingerprint density at radius 3 is 2.22 bits per heavy atom. The summed E-state index contributed by atoms with van der Waals surface area (Å²) in [4.78, 5) is 0. The van der Waals surface area contributed by atoms with Crippen molar-refractivity contribution in [3.05, 3.63) is 53.6 Å². The van der Waals surface area contributed by atoms with E-state index in [4.69, 9.17) is 10.5 Å². The fourth-order valence-electron chi connectivity index (χ4n) is 2.97. The van der Waals surface area contributed by atoms with Gasteiger partial charge in [-0.1, -0.05) is 44.2 Å². The summed E-state index contributed by atoms with van der Waals surface area (Å²) < 4.78 is 5.92. The van der Waals surface area contributed by atoms with Gasteiger partial charge in [-0.15, -0.1) is 0 Å². The molecule has 124 valence electrons. The van der Waals surface area contributed by atoms with Crippen LogP contribution in [0.4, 0.5) is 0 Å². The number of benzene rings is 2. The van der Waals surface area contributed by atoms with Crippen molar-refractivity contribution >= 4 is 0 Å². The smallest absolute Gasteiger partial charge is 0.119 e. The standard InChI is InChI=1S/C21H29NO/c1-3-17-10-8-11-18(4-2)21(17)19-12-9-13-20(16-19)23-15-7-5-6-14-22/h8-13,16H,3-7,14-15,22H2,1-2H3. The van der Waals surface area contributed by atoms with Gasteiger partial charge in [0, 0.05) is 0 Å². The molecule has 0 amide bonds. The van der Waals surface area contributed by atoms with Crippen molar-refractivity contribution < 1.29 is 4.74 Å². The maximum atomic E-state index is 5.92. The van der Waals surface area contributed by atoms with Gasteiger partial charge in [0.25, 0.3) is 0 Å². The van der Waals surface area contributed by atoms with E-state index in [0.29, 0.717) is 0 Å².